The maximum atomic E-state index is 12.5. The molecule has 0 saturated carbocycles. The Morgan fingerprint density at radius 2 is 2.22 bits per heavy atom. The second kappa shape index (κ2) is 9.41. The van der Waals surface area contributed by atoms with Gasteiger partial charge in [-0.15, -0.1) is 0 Å². The van der Waals surface area contributed by atoms with E-state index in [4.69, 9.17) is 16.3 Å². The molecule has 27 heavy (non-hydrogen) atoms. The Morgan fingerprint density at radius 1 is 1.41 bits per heavy atom. The zero-order valence-electron chi connectivity index (χ0n) is 14.9. The highest BCUT2D eigenvalue weighted by atomic mass is 35.5. The maximum absolute atomic E-state index is 12.5. The van der Waals surface area contributed by atoms with Crippen LogP contribution in [0.4, 0.5) is 10.7 Å². The molecule has 0 unspecified atom stereocenters. The number of urea groups is 1. The second-order valence-corrected chi connectivity index (χ2v) is 6.40. The molecule has 146 valence electrons. The molecular formula is C19H26ClN5O2. The largest absolute Gasteiger partial charge is 0.495 e. The third-order valence-electron chi connectivity index (χ3n) is 4.23. The molecule has 1 aliphatic heterocycles. The van der Waals surface area contributed by atoms with Crippen LogP contribution in [0, 0.1) is 0 Å². The van der Waals surface area contributed by atoms with E-state index in [1.807, 2.05) is 19.2 Å². The number of aromatic nitrogens is 2. The average Bonchev–Trinajstić information content (AvgIpc) is 2.66. The summed E-state index contributed by atoms with van der Waals surface area (Å²) in [5, 5.41) is 6.56. The lowest BCUT2D eigenvalue weighted by molar-refractivity contribution is 0.191. The Bertz CT molecular complexity index is 800. The van der Waals surface area contributed by atoms with E-state index in [9.17, 15) is 4.79 Å². The quantitative estimate of drug-likeness (QED) is 0.815. The number of amides is 2. The highest BCUT2D eigenvalue weighted by Crippen LogP contribution is 2.25. The standard InChI is InChI=1S/C18H22ClN5O2.CH4/c1-3-20-17-21-10-13-6-7-24(11-15(13)23-17)18(25)22-9-12-4-5-16(26-2)14(19)8-12;/h4-5,8,10H,3,6-7,9,11H2,1-2H3,(H,22,25)(H,20,21,23);1H4. The summed E-state index contributed by atoms with van der Waals surface area (Å²) in [7, 11) is 1.57. The number of ether oxygens (including phenoxy) is 1. The number of fused-ring (bicyclic) bond motifs is 1. The molecule has 8 heteroatoms. The summed E-state index contributed by atoms with van der Waals surface area (Å²) in [6, 6.07) is 5.35. The third-order valence-corrected chi connectivity index (χ3v) is 4.52. The van der Waals surface area contributed by atoms with Gasteiger partial charge >= 0.3 is 6.03 Å². The van der Waals surface area contributed by atoms with E-state index in [0.717, 1.165) is 29.8 Å². The molecule has 2 aromatic rings. The first-order valence-electron chi connectivity index (χ1n) is 8.54. The van der Waals surface area contributed by atoms with E-state index < -0.39 is 0 Å². The molecule has 0 atom stereocenters. The molecule has 1 aromatic carbocycles. The fraction of sp³-hybridized carbons (Fsp3) is 0.421. The van der Waals surface area contributed by atoms with E-state index in [2.05, 4.69) is 20.6 Å². The number of carbonyl (C=O) groups is 1. The fourth-order valence-corrected chi connectivity index (χ4v) is 3.11. The second-order valence-electron chi connectivity index (χ2n) is 6.00. The number of anilines is 1. The average molecular weight is 392 g/mol. The van der Waals surface area contributed by atoms with Crippen LogP contribution in [0.3, 0.4) is 0 Å². The summed E-state index contributed by atoms with van der Waals surface area (Å²) < 4.78 is 5.14. The van der Waals surface area contributed by atoms with Crippen molar-refractivity contribution in [2.45, 2.75) is 33.9 Å². The lowest BCUT2D eigenvalue weighted by Crippen LogP contribution is -2.42. The van der Waals surface area contributed by atoms with Crippen molar-refractivity contribution in [3.8, 4) is 5.75 Å². The molecule has 0 radical (unpaired) electrons. The zero-order chi connectivity index (χ0) is 18.5. The van der Waals surface area contributed by atoms with Gasteiger partial charge in [-0.05, 0) is 36.6 Å². The predicted octanol–water partition coefficient (Wildman–Crippen LogP) is 3.47. The molecule has 7 nitrogen and oxygen atoms in total. The van der Waals surface area contributed by atoms with Gasteiger partial charge in [-0.25, -0.2) is 14.8 Å². The van der Waals surface area contributed by atoms with E-state index in [1.54, 1.807) is 24.1 Å². The Labute approximate surface area is 165 Å². The minimum absolute atomic E-state index is 0. The van der Waals surface area contributed by atoms with Gasteiger partial charge in [0.15, 0.2) is 0 Å². The van der Waals surface area contributed by atoms with Gasteiger partial charge in [0.1, 0.15) is 5.75 Å². The Morgan fingerprint density at radius 3 is 2.93 bits per heavy atom. The zero-order valence-corrected chi connectivity index (χ0v) is 15.6. The molecule has 2 amide bonds. The highest BCUT2D eigenvalue weighted by Gasteiger charge is 2.22. The van der Waals surface area contributed by atoms with Gasteiger partial charge < -0.3 is 20.3 Å². The SMILES string of the molecule is C.CCNc1ncc2c(n1)CN(C(=O)NCc1ccc(OC)c(Cl)c1)CC2. The number of hydrogen-bond donors (Lipinski definition) is 2. The molecule has 0 fully saturated rings. The molecule has 3 rings (SSSR count). The highest BCUT2D eigenvalue weighted by molar-refractivity contribution is 6.32. The van der Waals surface area contributed by atoms with Crippen molar-refractivity contribution >= 4 is 23.6 Å². The number of rotatable bonds is 5. The van der Waals surface area contributed by atoms with E-state index in [0.29, 0.717) is 36.4 Å². The molecule has 0 saturated heterocycles. The van der Waals surface area contributed by atoms with E-state index in [1.165, 1.54) is 0 Å². The lowest BCUT2D eigenvalue weighted by atomic mass is 10.1. The van der Waals surface area contributed by atoms with Crippen LogP contribution in [-0.4, -0.2) is 41.1 Å². The fourth-order valence-electron chi connectivity index (χ4n) is 2.83. The number of halogens is 1. The number of nitrogens with one attached hydrogen (secondary N) is 2. The van der Waals surface area contributed by atoms with Gasteiger partial charge in [0, 0.05) is 25.8 Å². The van der Waals surface area contributed by atoms with Gasteiger partial charge in [-0.3, -0.25) is 0 Å². The normalized spacial score (nSPS) is 12.6. The molecule has 1 aromatic heterocycles. The number of benzene rings is 1. The van der Waals surface area contributed by atoms with Crippen LogP contribution < -0.4 is 15.4 Å². The van der Waals surface area contributed by atoms with Crippen LogP contribution >= 0.6 is 11.6 Å². The first-order valence-corrected chi connectivity index (χ1v) is 8.92. The van der Waals surface area contributed by atoms with Crippen molar-refractivity contribution in [1.29, 1.82) is 0 Å². The minimum atomic E-state index is -0.119. The topological polar surface area (TPSA) is 79.4 Å². The molecule has 1 aliphatic rings. The Kier molecular flexibility index (Phi) is 7.24. The summed E-state index contributed by atoms with van der Waals surface area (Å²) in [5.41, 5.74) is 2.90. The maximum Gasteiger partial charge on any atom is 0.318 e. The minimum Gasteiger partial charge on any atom is -0.495 e. The van der Waals surface area contributed by atoms with E-state index in [-0.39, 0.29) is 13.5 Å². The Balaban J connectivity index is 0.00000261. The van der Waals surface area contributed by atoms with Gasteiger partial charge in [0.2, 0.25) is 5.95 Å². The van der Waals surface area contributed by atoms with E-state index >= 15 is 0 Å². The monoisotopic (exact) mass is 391 g/mol. The molecule has 2 heterocycles. The van der Waals surface area contributed by atoms with Crippen molar-refractivity contribution in [2.75, 3.05) is 25.5 Å². The smallest absolute Gasteiger partial charge is 0.318 e. The molecule has 0 aliphatic carbocycles. The van der Waals surface area contributed by atoms with Crippen LogP contribution in [0.5, 0.6) is 5.75 Å². The summed E-state index contributed by atoms with van der Waals surface area (Å²) >= 11 is 6.12. The van der Waals surface area contributed by atoms with Crippen LogP contribution in [-0.2, 0) is 19.5 Å². The molecule has 0 spiro atoms. The van der Waals surface area contributed by atoms with Crippen LogP contribution in [0.1, 0.15) is 31.2 Å². The van der Waals surface area contributed by atoms with Crippen molar-refractivity contribution in [3.05, 3.63) is 46.2 Å². The number of carbonyl (C=O) groups excluding carboxylic acids is 1. The van der Waals surface area contributed by atoms with Crippen molar-refractivity contribution in [3.63, 3.8) is 0 Å². The first-order chi connectivity index (χ1) is 12.6. The predicted molar refractivity (Wildman–Crippen MR) is 107 cm³/mol. The first kappa shape index (κ1) is 20.8. The van der Waals surface area contributed by atoms with Gasteiger partial charge in [0.25, 0.3) is 0 Å². The van der Waals surface area contributed by atoms with Crippen molar-refractivity contribution in [2.24, 2.45) is 0 Å². The third kappa shape index (κ3) is 5.01. The summed E-state index contributed by atoms with van der Waals surface area (Å²) in [4.78, 5) is 23.1. The van der Waals surface area contributed by atoms with Gasteiger partial charge in [-0.1, -0.05) is 25.1 Å². The lowest BCUT2D eigenvalue weighted by Gasteiger charge is -2.28. The summed E-state index contributed by atoms with van der Waals surface area (Å²) in [6.45, 7) is 4.28. The molecular weight excluding hydrogens is 366 g/mol. The van der Waals surface area contributed by atoms with Gasteiger partial charge in [-0.2, -0.15) is 0 Å². The van der Waals surface area contributed by atoms with Crippen LogP contribution in [0.15, 0.2) is 24.4 Å². The Hall–Kier alpha value is -2.54. The molecule has 2 N–H and O–H groups in total. The number of nitrogens with zero attached hydrogens (tertiary/aromatic N) is 3. The number of methoxy groups -OCH3 is 1. The summed E-state index contributed by atoms with van der Waals surface area (Å²) in [5.74, 6) is 1.21. The number of hydrogen-bond acceptors (Lipinski definition) is 5. The van der Waals surface area contributed by atoms with Crippen molar-refractivity contribution < 1.29 is 9.53 Å². The van der Waals surface area contributed by atoms with Crippen molar-refractivity contribution in [1.82, 2.24) is 20.2 Å². The van der Waals surface area contributed by atoms with Crippen LogP contribution in [0.2, 0.25) is 5.02 Å². The van der Waals surface area contributed by atoms with Crippen LogP contribution in [0.25, 0.3) is 0 Å². The summed E-state index contributed by atoms with van der Waals surface area (Å²) in [6.07, 6.45) is 2.60. The van der Waals surface area contributed by atoms with Gasteiger partial charge in [0.05, 0.1) is 24.4 Å². The molecule has 0 bridgehead atoms.